The van der Waals surface area contributed by atoms with Gasteiger partial charge in [0.25, 0.3) is 0 Å². The molecule has 2 fully saturated rings. The highest BCUT2D eigenvalue weighted by atomic mass is 16.7. The van der Waals surface area contributed by atoms with Gasteiger partial charge >= 0.3 is 0 Å². The number of imide groups is 1. The Balaban J connectivity index is 1.41. The van der Waals surface area contributed by atoms with Crippen LogP contribution in [0.3, 0.4) is 0 Å². The average Bonchev–Trinajstić information content (AvgIpc) is 3.50. The number of carbonyl (C=O) groups excluding carboxylic acids is 4. The van der Waals surface area contributed by atoms with Gasteiger partial charge in [0.1, 0.15) is 5.54 Å². The van der Waals surface area contributed by atoms with Crippen molar-refractivity contribution >= 4 is 29.3 Å². The largest absolute Gasteiger partial charge is 0.454 e. The highest BCUT2D eigenvalue weighted by Gasteiger charge is 2.70. The van der Waals surface area contributed by atoms with E-state index in [0.717, 1.165) is 4.90 Å². The number of ether oxygens (including phenoxy) is 2. The lowest BCUT2D eigenvalue weighted by atomic mass is 9.76. The summed E-state index contributed by atoms with van der Waals surface area (Å²) in [7, 11) is 0. The van der Waals surface area contributed by atoms with E-state index in [9.17, 15) is 19.2 Å². The highest BCUT2D eigenvalue weighted by molar-refractivity contribution is 6.15. The third kappa shape index (κ3) is 2.64. The number of carbonyl (C=O) groups is 4. The predicted molar refractivity (Wildman–Crippen MR) is 113 cm³/mol. The normalized spacial score (nSPS) is 28.9. The summed E-state index contributed by atoms with van der Waals surface area (Å²) < 4.78 is 10.7. The van der Waals surface area contributed by atoms with Crippen LogP contribution in [0.15, 0.2) is 42.5 Å². The van der Waals surface area contributed by atoms with Crippen LogP contribution in [0.1, 0.15) is 17.5 Å². The fraction of sp³-hybridized carbons (Fsp3) is 0.304. The molecular formula is C23H20N4O6. The minimum atomic E-state index is -1.45. The molecule has 33 heavy (non-hydrogen) atoms. The number of primary amides is 1. The second kappa shape index (κ2) is 6.79. The molecule has 4 amide bonds. The van der Waals surface area contributed by atoms with Crippen LogP contribution in [-0.4, -0.2) is 41.4 Å². The van der Waals surface area contributed by atoms with Crippen LogP contribution in [0.25, 0.3) is 0 Å². The summed E-state index contributed by atoms with van der Waals surface area (Å²) in [6, 6.07) is 11.5. The van der Waals surface area contributed by atoms with E-state index < -0.39 is 47.0 Å². The fourth-order valence-electron chi connectivity index (χ4n) is 5.59. The number of likely N-dealkylation sites (tertiary alicyclic amines) is 1. The maximum Gasteiger partial charge on any atom is 0.250 e. The molecule has 0 radical (unpaired) electrons. The Bertz CT molecular complexity index is 1250. The van der Waals surface area contributed by atoms with Crippen molar-refractivity contribution in [2.75, 3.05) is 12.1 Å². The Morgan fingerprint density at radius 2 is 1.88 bits per heavy atom. The van der Waals surface area contributed by atoms with Gasteiger partial charge in [-0.3, -0.25) is 29.4 Å². The van der Waals surface area contributed by atoms with Gasteiger partial charge < -0.3 is 20.5 Å². The Hall–Kier alpha value is -3.92. The van der Waals surface area contributed by atoms with Crippen molar-refractivity contribution in [1.29, 1.82) is 0 Å². The topological polar surface area (TPSA) is 140 Å². The van der Waals surface area contributed by atoms with Crippen molar-refractivity contribution in [3.8, 4) is 11.5 Å². The number of nitrogens with one attached hydrogen (secondary N) is 2. The fourth-order valence-corrected chi connectivity index (χ4v) is 5.59. The highest BCUT2D eigenvalue weighted by Crippen LogP contribution is 2.53. The van der Waals surface area contributed by atoms with Crippen LogP contribution >= 0.6 is 0 Å². The number of anilines is 1. The van der Waals surface area contributed by atoms with Gasteiger partial charge in [-0.05, 0) is 23.8 Å². The van der Waals surface area contributed by atoms with E-state index in [-0.39, 0.29) is 19.8 Å². The van der Waals surface area contributed by atoms with Gasteiger partial charge in [0, 0.05) is 23.7 Å². The summed E-state index contributed by atoms with van der Waals surface area (Å²) in [5.41, 5.74) is 5.84. The van der Waals surface area contributed by atoms with Gasteiger partial charge in [0.2, 0.25) is 30.4 Å². The molecule has 4 heterocycles. The number of para-hydroxylation sites is 1. The second-order valence-electron chi connectivity index (χ2n) is 8.68. The van der Waals surface area contributed by atoms with Crippen molar-refractivity contribution in [3.63, 3.8) is 0 Å². The Labute approximate surface area is 188 Å². The molecule has 2 saturated heterocycles. The summed E-state index contributed by atoms with van der Waals surface area (Å²) in [4.78, 5) is 53.4. The summed E-state index contributed by atoms with van der Waals surface area (Å²) in [5.74, 6) is -2.69. The number of rotatable bonds is 4. The zero-order valence-electron chi connectivity index (χ0n) is 17.4. The molecule has 0 unspecified atom stereocenters. The van der Waals surface area contributed by atoms with Gasteiger partial charge in [-0.15, -0.1) is 0 Å². The molecule has 4 N–H and O–H groups in total. The van der Waals surface area contributed by atoms with E-state index in [1.165, 1.54) is 0 Å². The third-order valence-corrected chi connectivity index (χ3v) is 6.91. The molecule has 4 atom stereocenters. The van der Waals surface area contributed by atoms with E-state index >= 15 is 0 Å². The average molecular weight is 448 g/mol. The molecule has 1 spiro atoms. The van der Waals surface area contributed by atoms with Crippen molar-refractivity contribution < 1.29 is 28.7 Å². The molecular weight excluding hydrogens is 428 g/mol. The third-order valence-electron chi connectivity index (χ3n) is 6.91. The van der Waals surface area contributed by atoms with Crippen molar-refractivity contribution in [3.05, 3.63) is 53.6 Å². The predicted octanol–water partition coefficient (Wildman–Crippen LogP) is 0.211. The Morgan fingerprint density at radius 1 is 1.09 bits per heavy atom. The Kier molecular flexibility index (Phi) is 4.06. The Morgan fingerprint density at radius 3 is 2.70 bits per heavy atom. The minimum absolute atomic E-state index is 0.0178. The van der Waals surface area contributed by atoms with E-state index in [1.54, 1.807) is 42.5 Å². The van der Waals surface area contributed by atoms with Gasteiger partial charge in [0.05, 0.1) is 18.4 Å². The first kappa shape index (κ1) is 19.7. The van der Waals surface area contributed by atoms with Crippen LogP contribution in [0, 0.1) is 11.8 Å². The number of hydrogen-bond donors (Lipinski definition) is 3. The van der Waals surface area contributed by atoms with Crippen LogP contribution < -0.4 is 25.8 Å². The lowest BCUT2D eigenvalue weighted by Gasteiger charge is -2.29. The number of benzene rings is 2. The number of nitrogens with zero attached hydrogens (tertiary/aromatic N) is 1. The standard InChI is InChI=1S/C23H20N4O6/c24-17(28)8-14-18-19(23(26-14)12-3-1-2-4-13(12)25-22(23)31)21(30)27(20(18)29)9-11-5-6-15-16(7-11)33-10-32-15/h1-7,14,18-19,26H,8-10H2,(H2,24,28)(H,25,31)/t14-,18+,19+,23+/m0/s1. The SMILES string of the molecule is NC(=O)C[C@@H]1N[C@@]2(C(=O)Nc3ccccc32)[C@H]2C(=O)N(Cc3ccc4c(c3)OCO4)C(=O)[C@H]12. The number of nitrogens with two attached hydrogens (primary N) is 1. The van der Waals surface area contributed by atoms with E-state index in [2.05, 4.69) is 10.6 Å². The molecule has 10 nitrogen and oxygen atoms in total. The zero-order chi connectivity index (χ0) is 22.9. The van der Waals surface area contributed by atoms with E-state index in [4.69, 9.17) is 15.2 Å². The maximum absolute atomic E-state index is 13.7. The maximum atomic E-state index is 13.7. The summed E-state index contributed by atoms with van der Waals surface area (Å²) in [5, 5.41) is 5.98. The van der Waals surface area contributed by atoms with Gasteiger partial charge in [-0.25, -0.2) is 0 Å². The summed E-state index contributed by atoms with van der Waals surface area (Å²) in [6.07, 6.45) is -0.171. The van der Waals surface area contributed by atoms with Crippen molar-refractivity contribution in [2.45, 2.75) is 24.5 Å². The van der Waals surface area contributed by atoms with Crippen molar-refractivity contribution in [2.24, 2.45) is 17.6 Å². The molecule has 0 aromatic heterocycles. The van der Waals surface area contributed by atoms with Crippen molar-refractivity contribution in [1.82, 2.24) is 10.2 Å². The molecule has 2 aromatic carbocycles. The zero-order valence-corrected chi connectivity index (χ0v) is 17.4. The lowest BCUT2D eigenvalue weighted by Crippen LogP contribution is -2.53. The molecule has 2 aromatic rings. The van der Waals surface area contributed by atoms with Gasteiger partial charge in [-0.2, -0.15) is 0 Å². The first-order valence-electron chi connectivity index (χ1n) is 10.6. The first-order chi connectivity index (χ1) is 15.9. The van der Waals surface area contributed by atoms with Gasteiger partial charge in [-0.1, -0.05) is 24.3 Å². The van der Waals surface area contributed by atoms with Crippen LogP contribution in [0.4, 0.5) is 5.69 Å². The molecule has 168 valence electrons. The molecule has 4 aliphatic heterocycles. The smallest absolute Gasteiger partial charge is 0.250 e. The number of hydrogen-bond acceptors (Lipinski definition) is 7. The van der Waals surface area contributed by atoms with Crippen LogP contribution in [0.5, 0.6) is 11.5 Å². The van der Waals surface area contributed by atoms with E-state index in [1.807, 2.05) is 0 Å². The monoisotopic (exact) mass is 448 g/mol. The lowest BCUT2D eigenvalue weighted by molar-refractivity contribution is -0.143. The quantitative estimate of drug-likeness (QED) is 0.568. The van der Waals surface area contributed by atoms with E-state index in [0.29, 0.717) is 28.3 Å². The van der Waals surface area contributed by atoms with Gasteiger partial charge in [0.15, 0.2) is 11.5 Å². The van der Waals surface area contributed by atoms with Crippen LogP contribution in [0.2, 0.25) is 0 Å². The molecule has 6 rings (SSSR count). The first-order valence-corrected chi connectivity index (χ1v) is 10.6. The molecule has 0 aliphatic carbocycles. The second-order valence-corrected chi connectivity index (χ2v) is 8.68. The minimum Gasteiger partial charge on any atom is -0.454 e. The molecule has 0 saturated carbocycles. The number of fused-ring (bicyclic) bond motifs is 5. The molecule has 0 bridgehead atoms. The van der Waals surface area contributed by atoms with Crippen LogP contribution in [-0.2, 0) is 31.3 Å². The summed E-state index contributed by atoms with van der Waals surface area (Å²) in [6.45, 7) is 0.131. The molecule has 4 aliphatic rings. The molecule has 10 heteroatoms. The number of amides is 4. The summed E-state index contributed by atoms with van der Waals surface area (Å²) >= 11 is 0.